The Labute approximate surface area is 99.5 Å². The normalized spacial score (nSPS) is 10.6. The van der Waals surface area contributed by atoms with E-state index in [4.69, 9.17) is 4.74 Å². The van der Waals surface area contributed by atoms with Crippen LogP contribution in [0.4, 0.5) is 0 Å². The fourth-order valence-corrected chi connectivity index (χ4v) is 1.93. The molecule has 0 aliphatic rings. The van der Waals surface area contributed by atoms with Gasteiger partial charge in [-0.1, -0.05) is 42.1 Å². The number of hydrogen-bond acceptors (Lipinski definition) is 3. The van der Waals surface area contributed by atoms with Gasteiger partial charge in [0.1, 0.15) is 6.73 Å². The quantitative estimate of drug-likeness (QED) is 0.744. The summed E-state index contributed by atoms with van der Waals surface area (Å²) in [6.45, 7) is 1.18. The molecule has 0 N–H and O–H groups in total. The molecule has 1 aromatic heterocycles. The zero-order valence-corrected chi connectivity index (χ0v) is 9.98. The van der Waals surface area contributed by atoms with Gasteiger partial charge in [-0.15, -0.1) is 0 Å². The van der Waals surface area contributed by atoms with E-state index in [1.165, 1.54) is 5.56 Å². The Balaban J connectivity index is 1.85. The highest BCUT2D eigenvalue weighted by atomic mass is 32.2. The molecule has 0 bridgehead atoms. The molecule has 0 radical (unpaired) electrons. The van der Waals surface area contributed by atoms with Crippen molar-refractivity contribution in [2.24, 2.45) is 0 Å². The lowest BCUT2D eigenvalue weighted by molar-refractivity contribution is 0.0587. The maximum Gasteiger partial charge on any atom is 0.169 e. The minimum absolute atomic E-state index is 0.547. The lowest BCUT2D eigenvalue weighted by atomic mass is 10.2. The van der Waals surface area contributed by atoms with Crippen LogP contribution < -0.4 is 0 Å². The number of nitrogens with zero attached hydrogens (tertiary/aromatic N) is 2. The minimum atomic E-state index is 0.547. The molecule has 4 heteroatoms. The average Bonchev–Trinajstić information content (AvgIpc) is 2.78. The van der Waals surface area contributed by atoms with E-state index in [0.717, 1.165) is 5.16 Å². The summed E-state index contributed by atoms with van der Waals surface area (Å²) < 4.78 is 7.61. The Bertz CT molecular complexity index is 428. The van der Waals surface area contributed by atoms with Crippen LogP contribution in [0.25, 0.3) is 0 Å². The predicted octanol–water partition coefficient (Wildman–Crippen LogP) is 2.78. The lowest BCUT2D eigenvalue weighted by Crippen LogP contribution is -2.02. The second kappa shape index (κ2) is 5.72. The molecule has 1 heterocycles. The molecule has 16 heavy (non-hydrogen) atoms. The standard InChI is InChI=1S/C12H14N2OS/c1-16-12-13-7-8-14(12)10-15-9-11-5-3-2-4-6-11/h2-8H,9-10H2,1H3. The van der Waals surface area contributed by atoms with E-state index in [2.05, 4.69) is 17.1 Å². The highest BCUT2D eigenvalue weighted by molar-refractivity contribution is 7.98. The van der Waals surface area contributed by atoms with Crippen molar-refractivity contribution < 1.29 is 4.74 Å². The Kier molecular flexibility index (Phi) is 4.02. The van der Waals surface area contributed by atoms with Gasteiger partial charge in [-0.2, -0.15) is 0 Å². The first-order chi connectivity index (χ1) is 7.90. The summed E-state index contributed by atoms with van der Waals surface area (Å²) in [6.07, 6.45) is 5.73. The summed E-state index contributed by atoms with van der Waals surface area (Å²) in [5.41, 5.74) is 1.19. The van der Waals surface area contributed by atoms with Gasteiger partial charge in [0.15, 0.2) is 5.16 Å². The molecule has 0 spiro atoms. The van der Waals surface area contributed by atoms with Crippen LogP contribution >= 0.6 is 11.8 Å². The minimum Gasteiger partial charge on any atom is -0.356 e. The fraction of sp³-hybridized carbons (Fsp3) is 0.250. The fourth-order valence-electron chi connectivity index (χ4n) is 1.42. The summed E-state index contributed by atoms with van der Waals surface area (Å²) in [4.78, 5) is 4.21. The number of rotatable bonds is 5. The van der Waals surface area contributed by atoms with Crippen molar-refractivity contribution in [3.8, 4) is 0 Å². The number of imidazole rings is 1. The van der Waals surface area contributed by atoms with E-state index >= 15 is 0 Å². The predicted molar refractivity (Wildman–Crippen MR) is 65.2 cm³/mol. The Hall–Kier alpha value is -1.26. The Morgan fingerprint density at radius 3 is 2.88 bits per heavy atom. The van der Waals surface area contributed by atoms with Gasteiger partial charge in [-0.05, 0) is 11.8 Å². The van der Waals surface area contributed by atoms with Crippen LogP contribution in [0.15, 0.2) is 47.9 Å². The van der Waals surface area contributed by atoms with Gasteiger partial charge in [0.25, 0.3) is 0 Å². The third-order valence-corrected chi connectivity index (χ3v) is 2.91. The van der Waals surface area contributed by atoms with Crippen LogP contribution in [-0.2, 0) is 18.1 Å². The smallest absolute Gasteiger partial charge is 0.169 e. The van der Waals surface area contributed by atoms with Crippen molar-refractivity contribution in [3.63, 3.8) is 0 Å². The third kappa shape index (κ3) is 2.87. The van der Waals surface area contributed by atoms with Crippen LogP contribution in [0.1, 0.15) is 5.56 Å². The SMILES string of the molecule is CSc1nccn1COCc1ccccc1. The zero-order chi connectivity index (χ0) is 11.2. The van der Waals surface area contributed by atoms with E-state index in [9.17, 15) is 0 Å². The molecule has 0 unspecified atom stereocenters. The monoisotopic (exact) mass is 234 g/mol. The number of aromatic nitrogens is 2. The van der Waals surface area contributed by atoms with Crippen LogP contribution in [0.5, 0.6) is 0 Å². The molecule has 84 valence electrons. The first kappa shape index (κ1) is 11.2. The molecule has 1 aromatic carbocycles. The molecule has 0 aliphatic carbocycles. The van der Waals surface area contributed by atoms with Crippen molar-refractivity contribution >= 4 is 11.8 Å². The van der Waals surface area contributed by atoms with Crippen LogP contribution in [0.3, 0.4) is 0 Å². The number of hydrogen-bond donors (Lipinski definition) is 0. The summed E-state index contributed by atoms with van der Waals surface area (Å²) in [5.74, 6) is 0. The maximum atomic E-state index is 5.62. The summed E-state index contributed by atoms with van der Waals surface area (Å²) in [6, 6.07) is 10.2. The molecular weight excluding hydrogens is 220 g/mol. The van der Waals surface area contributed by atoms with Gasteiger partial charge < -0.3 is 9.30 Å². The molecule has 0 saturated heterocycles. The van der Waals surface area contributed by atoms with Crippen molar-refractivity contribution in [2.45, 2.75) is 18.5 Å². The van der Waals surface area contributed by atoms with E-state index < -0.39 is 0 Å². The maximum absolute atomic E-state index is 5.62. The van der Waals surface area contributed by atoms with Gasteiger partial charge in [-0.3, -0.25) is 0 Å². The highest BCUT2D eigenvalue weighted by Crippen LogP contribution is 2.11. The largest absolute Gasteiger partial charge is 0.356 e. The average molecular weight is 234 g/mol. The first-order valence-electron chi connectivity index (χ1n) is 5.07. The second-order valence-corrected chi connectivity index (χ2v) is 4.12. The van der Waals surface area contributed by atoms with Crippen molar-refractivity contribution in [1.82, 2.24) is 9.55 Å². The van der Waals surface area contributed by atoms with E-state index in [1.54, 1.807) is 18.0 Å². The van der Waals surface area contributed by atoms with Crippen molar-refractivity contribution in [3.05, 3.63) is 48.3 Å². The van der Waals surface area contributed by atoms with Crippen LogP contribution in [-0.4, -0.2) is 15.8 Å². The van der Waals surface area contributed by atoms with Crippen molar-refractivity contribution in [1.29, 1.82) is 0 Å². The first-order valence-corrected chi connectivity index (χ1v) is 6.29. The van der Waals surface area contributed by atoms with Crippen molar-refractivity contribution in [2.75, 3.05) is 6.26 Å². The molecular formula is C12H14N2OS. The van der Waals surface area contributed by atoms with Crippen LogP contribution in [0.2, 0.25) is 0 Å². The molecule has 0 saturated carbocycles. The molecule has 0 fully saturated rings. The Morgan fingerprint density at radius 1 is 1.31 bits per heavy atom. The number of benzene rings is 1. The summed E-state index contributed by atoms with van der Waals surface area (Å²) in [5, 5.41) is 0.980. The van der Waals surface area contributed by atoms with Gasteiger partial charge in [0.2, 0.25) is 0 Å². The molecule has 2 rings (SSSR count). The molecule has 0 amide bonds. The molecule has 3 nitrogen and oxygen atoms in total. The Morgan fingerprint density at radius 2 is 2.12 bits per heavy atom. The summed E-state index contributed by atoms with van der Waals surface area (Å²) in [7, 11) is 0. The van der Waals surface area contributed by atoms with Gasteiger partial charge in [-0.25, -0.2) is 4.98 Å². The van der Waals surface area contributed by atoms with Crippen LogP contribution in [0, 0.1) is 0 Å². The molecule has 0 aliphatic heterocycles. The topological polar surface area (TPSA) is 27.1 Å². The summed E-state index contributed by atoms with van der Waals surface area (Å²) >= 11 is 1.62. The van der Waals surface area contributed by atoms with E-state index in [0.29, 0.717) is 13.3 Å². The molecule has 0 atom stereocenters. The van der Waals surface area contributed by atoms with E-state index in [-0.39, 0.29) is 0 Å². The van der Waals surface area contributed by atoms with Gasteiger partial charge in [0.05, 0.1) is 6.61 Å². The van der Waals surface area contributed by atoms with E-state index in [1.807, 2.05) is 35.2 Å². The van der Waals surface area contributed by atoms with Gasteiger partial charge >= 0.3 is 0 Å². The van der Waals surface area contributed by atoms with Gasteiger partial charge in [0, 0.05) is 12.4 Å². The molecule has 2 aromatic rings. The highest BCUT2D eigenvalue weighted by Gasteiger charge is 2.00. The lowest BCUT2D eigenvalue weighted by Gasteiger charge is -2.07. The third-order valence-electron chi connectivity index (χ3n) is 2.20. The number of thioether (sulfide) groups is 1. The zero-order valence-electron chi connectivity index (χ0n) is 9.17. The second-order valence-electron chi connectivity index (χ2n) is 3.35. The number of ether oxygens (including phenoxy) is 1.